The number of likely N-dealkylation sites (N-methyl/N-ethyl adjacent to an activating group) is 1. The van der Waals surface area contributed by atoms with E-state index in [2.05, 4.69) is 9.72 Å². The van der Waals surface area contributed by atoms with E-state index in [0.717, 1.165) is 5.69 Å². The highest BCUT2D eigenvalue weighted by molar-refractivity contribution is 5.87. The van der Waals surface area contributed by atoms with Gasteiger partial charge in [0.1, 0.15) is 5.69 Å². The molecule has 1 unspecified atom stereocenters. The van der Waals surface area contributed by atoms with Crippen molar-refractivity contribution in [3.8, 4) is 0 Å². The summed E-state index contributed by atoms with van der Waals surface area (Å²) >= 11 is 0. The van der Waals surface area contributed by atoms with Crippen LogP contribution in [0.25, 0.3) is 0 Å². The number of hydrogen-bond donors (Lipinski definition) is 1. The van der Waals surface area contributed by atoms with Crippen LogP contribution < -0.4 is 0 Å². The summed E-state index contributed by atoms with van der Waals surface area (Å²) in [5, 5.41) is 9.03. The van der Waals surface area contributed by atoms with Crippen LogP contribution in [0.3, 0.4) is 0 Å². The maximum absolute atomic E-state index is 11.3. The van der Waals surface area contributed by atoms with Crippen molar-refractivity contribution in [1.82, 2.24) is 9.88 Å². The molecule has 0 fully saturated rings. The van der Waals surface area contributed by atoms with Crippen LogP contribution in [0.4, 0.5) is 0 Å². The first kappa shape index (κ1) is 13.6. The van der Waals surface area contributed by atoms with Crippen LogP contribution in [-0.4, -0.2) is 47.8 Å². The Kier molecular flexibility index (Phi) is 5.06. The summed E-state index contributed by atoms with van der Waals surface area (Å²) in [6.07, 6.45) is 0. The lowest BCUT2D eigenvalue weighted by molar-refractivity contribution is 0.0593. The molecule has 0 saturated carbocycles. The number of carbonyl (C=O) groups excluding carboxylic acids is 1. The summed E-state index contributed by atoms with van der Waals surface area (Å²) in [5.74, 6) is -0.440. The Bertz CT molecular complexity index is 382. The van der Waals surface area contributed by atoms with Crippen LogP contribution in [0.5, 0.6) is 0 Å². The van der Waals surface area contributed by atoms with Gasteiger partial charge < -0.3 is 9.84 Å². The first-order valence-corrected chi connectivity index (χ1v) is 5.43. The molecular formula is C12H18N2O3. The Labute approximate surface area is 101 Å². The molecule has 0 bridgehead atoms. The Morgan fingerprint density at radius 1 is 1.59 bits per heavy atom. The highest BCUT2D eigenvalue weighted by Gasteiger charge is 2.11. The van der Waals surface area contributed by atoms with Crippen LogP contribution >= 0.6 is 0 Å². The monoisotopic (exact) mass is 238 g/mol. The van der Waals surface area contributed by atoms with Crippen LogP contribution in [0, 0.1) is 0 Å². The number of pyridine rings is 1. The number of rotatable bonds is 5. The number of esters is 1. The molecular weight excluding hydrogens is 220 g/mol. The fourth-order valence-electron chi connectivity index (χ4n) is 1.34. The minimum Gasteiger partial charge on any atom is -0.464 e. The third kappa shape index (κ3) is 3.80. The molecule has 0 aliphatic rings. The first-order valence-electron chi connectivity index (χ1n) is 5.43. The molecule has 1 aromatic rings. The summed E-state index contributed by atoms with van der Waals surface area (Å²) in [5.41, 5.74) is 1.07. The van der Waals surface area contributed by atoms with E-state index in [4.69, 9.17) is 5.11 Å². The van der Waals surface area contributed by atoms with Crippen LogP contribution in [-0.2, 0) is 11.3 Å². The van der Waals surface area contributed by atoms with E-state index in [9.17, 15) is 4.79 Å². The van der Waals surface area contributed by atoms with Crippen LogP contribution in [0.2, 0.25) is 0 Å². The Balaban J connectivity index is 2.75. The molecule has 5 nitrogen and oxygen atoms in total. The van der Waals surface area contributed by atoms with Crippen molar-refractivity contribution in [2.75, 3.05) is 20.8 Å². The van der Waals surface area contributed by atoms with E-state index < -0.39 is 5.97 Å². The molecule has 1 rings (SSSR count). The van der Waals surface area contributed by atoms with Gasteiger partial charge in [-0.25, -0.2) is 9.78 Å². The number of carbonyl (C=O) groups is 1. The largest absolute Gasteiger partial charge is 0.464 e. The van der Waals surface area contributed by atoms with Gasteiger partial charge in [0.25, 0.3) is 0 Å². The van der Waals surface area contributed by atoms with Gasteiger partial charge in [0, 0.05) is 12.6 Å². The van der Waals surface area contributed by atoms with Crippen molar-refractivity contribution in [2.45, 2.75) is 19.5 Å². The smallest absolute Gasteiger partial charge is 0.356 e. The van der Waals surface area contributed by atoms with Gasteiger partial charge in [-0.15, -0.1) is 0 Å². The highest BCUT2D eigenvalue weighted by Crippen LogP contribution is 2.06. The quantitative estimate of drug-likeness (QED) is 0.764. The Morgan fingerprint density at radius 2 is 2.29 bits per heavy atom. The zero-order valence-electron chi connectivity index (χ0n) is 10.4. The fourth-order valence-corrected chi connectivity index (χ4v) is 1.34. The molecule has 0 amide bonds. The zero-order valence-corrected chi connectivity index (χ0v) is 10.4. The molecule has 1 atom stereocenters. The lowest BCUT2D eigenvalue weighted by Crippen LogP contribution is -2.31. The van der Waals surface area contributed by atoms with Gasteiger partial charge >= 0.3 is 5.97 Å². The van der Waals surface area contributed by atoms with Crippen molar-refractivity contribution in [3.63, 3.8) is 0 Å². The third-order valence-corrected chi connectivity index (χ3v) is 2.63. The number of aliphatic hydroxyl groups excluding tert-OH is 1. The van der Waals surface area contributed by atoms with Crippen molar-refractivity contribution >= 4 is 5.97 Å². The van der Waals surface area contributed by atoms with Crippen molar-refractivity contribution in [2.24, 2.45) is 0 Å². The molecule has 0 aliphatic heterocycles. The van der Waals surface area contributed by atoms with Crippen molar-refractivity contribution < 1.29 is 14.6 Å². The van der Waals surface area contributed by atoms with Crippen molar-refractivity contribution in [1.29, 1.82) is 0 Å². The molecule has 0 radical (unpaired) electrons. The summed E-state index contributed by atoms with van der Waals surface area (Å²) in [6, 6.07) is 5.28. The van der Waals surface area contributed by atoms with Gasteiger partial charge in [-0.05, 0) is 26.1 Å². The number of hydrogen-bond acceptors (Lipinski definition) is 5. The van der Waals surface area contributed by atoms with Crippen molar-refractivity contribution in [3.05, 3.63) is 29.6 Å². The second kappa shape index (κ2) is 6.32. The topological polar surface area (TPSA) is 62.7 Å². The van der Waals surface area contributed by atoms with Gasteiger partial charge in [0.15, 0.2) is 0 Å². The number of ether oxygens (including phenoxy) is 1. The summed E-state index contributed by atoms with van der Waals surface area (Å²) in [6.45, 7) is 2.59. The fraction of sp³-hybridized carbons (Fsp3) is 0.500. The second-order valence-corrected chi connectivity index (χ2v) is 3.95. The lowest BCUT2D eigenvalue weighted by Gasteiger charge is -2.22. The molecule has 0 spiro atoms. The number of methoxy groups -OCH3 is 1. The van der Waals surface area contributed by atoms with E-state index in [1.54, 1.807) is 12.1 Å². The van der Waals surface area contributed by atoms with E-state index in [-0.39, 0.29) is 12.6 Å². The van der Waals surface area contributed by atoms with Crippen LogP contribution in [0.15, 0.2) is 18.2 Å². The lowest BCUT2D eigenvalue weighted by atomic mass is 10.2. The molecule has 0 aliphatic carbocycles. The molecule has 94 valence electrons. The Morgan fingerprint density at radius 3 is 2.88 bits per heavy atom. The van der Waals surface area contributed by atoms with Gasteiger partial charge in [-0.2, -0.15) is 0 Å². The van der Waals surface area contributed by atoms with Gasteiger partial charge in [0.05, 0.1) is 19.4 Å². The number of aliphatic hydroxyl groups is 1. The average Bonchev–Trinajstić information content (AvgIpc) is 2.37. The predicted molar refractivity (Wildman–Crippen MR) is 63.6 cm³/mol. The van der Waals surface area contributed by atoms with Gasteiger partial charge in [-0.3, -0.25) is 4.90 Å². The second-order valence-electron chi connectivity index (χ2n) is 3.95. The van der Waals surface area contributed by atoms with E-state index in [0.29, 0.717) is 12.2 Å². The van der Waals surface area contributed by atoms with Gasteiger partial charge in [-0.1, -0.05) is 6.07 Å². The molecule has 1 heterocycles. The standard InChI is InChI=1S/C12H18N2O3/c1-9(8-15)14(2)7-10-5-4-6-11(13-10)12(16)17-3/h4-6,9,15H,7-8H2,1-3H3. The molecule has 17 heavy (non-hydrogen) atoms. The number of nitrogens with zero attached hydrogens (tertiary/aromatic N) is 2. The van der Waals surface area contributed by atoms with E-state index in [1.807, 2.05) is 24.9 Å². The maximum atomic E-state index is 11.3. The van der Waals surface area contributed by atoms with E-state index in [1.165, 1.54) is 7.11 Å². The molecule has 1 N–H and O–H groups in total. The normalized spacial score (nSPS) is 12.5. The molecule has 0 saturated heterocycles. The van der Waals surface area contributed by atoms with E-state index >= 15 is 0 Å². The SMILES string of the molecule is COC(=O)c1cccc(CN(C)C(C)CO)n1. The minimum atomic E-state index is -0.440. The molecule has 5 heteroatoms. The Hall–Kier alpha value is -1.46. The first-order chi connectivity index (χ1) is 8.08. The average molecular weight is 238 g/mol. The number of aromatic nitrogens is 1. The zero-order chi connectivity index (χ0) is 12.8. The van der Waals surface area contributed by atoms with Crippen LogP contribution in [0.1, 0.15) is 23.1 Å². The predicted octanol–water partition coefficient (Wildman–Crippen LogP) is 0.681. The minimum absolute atomic E-state index is 0.0542. The third-order valence-electron chi connectivity index (χ3n) is 2.63. The summed E-state index contributed by atoms with van der Waals surface area (Å²) < 4.78 is 4.61. The van der Waals surface area contributed by atoms with Gasteiger partial charge in [0.2, 0.25) is 0 Å². The summed E-state index contributed by atoms with van der Waals surface area (Å²) in [7, 11) is 3.23. The molecule has 0 aromatic carbocycles. The molecule has 1 aromatic heterocycles. The highest BCUT2D eigenvalue weighted by atomic mass is 16.5. The maximum Gasteiger partial charge on any atom is 0.356 e. The summed E-state index contributed by atoms with van der Waals surface area (Å²) in [4.78, 5) is 17.5.